The molecule has 0 aliphatic carbocycles. The molecule has 4 rings (SSSR count). The highest BCUT2D eigenvalue weighted by molar-refractivity contribution is 6.29. The summed E-state index contributed by atoms with van der Waals surface area (Å²) in [6, 6.07) is 7.89. The van der Waals surface area contributed by atoms with Crippen LogP contribution in [0.25, 0.3) is 22.4 Å². The number of hydrogen-bond acceptors (Lipinski definition) is 7. The average molecular weight is 500 g/mol. The number of benzene rings is 1. The highest BCUT2D eigenvalue weighted by Crippen LogP contribution is 2.33. The van der Waals surface area contributed by atoms with Crippen LogP contribution < -0.4 is 16.5 Å². The molecule has 3 heterocycles. The number of hydrogen-bond donors (Lipinski definition) is 3. The molecule has 3 aromatic heterocycles. The van der Waals surface area contributed by atoms with Crippen molar-refractivity contribution in [1.82, 2.24) is 9.97 Å². The lowest BCUT2D eigenvalue weighted by molar-refractivity contribution is 0.318. The first-order chi connectivity index (χ1) is 16.6. The summed E-state index contributed by atoms with van der Waals surface area (Å²) < 4.78 is 34.3. The number of nitrogens with zero attached hydrogens (tertiary/aromatic N) is 3. The Kier molecular flexibility index (Phi) is 6.40. The fraction of sp³-hybridized carbons (Fsp3) is 0.167. The standard InChI is InChI=1S/C24H20ClF2N5O3/c1-10-8-13(12(3)29-16-5-6-17(25)30-20(16)24(28)32-34)23-14(9-10)21(33)11(2)22(35-23)19-15(26)4-7-18(27)31-19/h4-9,12,29,34H,1-3H3,(H2,28,32)/t12-/m1/s1. The maximum absolute atomic E-state index is 14.5. The van der Waals surface area contributed by atoms with Crippen LogP contribution in [0.4, 0.5) is 14.5 Å². The molecule has 8 nitrogen and oxygen atoms in total. The van der Waals surface area contributed by atoms with Crippen molar-refractivity contribution in [3.63, 3.8) is 0 Å². The summed E-state index contributed by atoms with van der Waals surface area (Å²) in [5.74, 6) is -2.16. The fourth-order valence-corrected chi connectivity index (χ4v) is 3.95. The molecule has 35 heavy (non-hydrogen) atoms. The van der Waals surface area contributed by atoms with Crippen molar-refractivity contribution in [2.24, 2.45) is 10.9 Å². The predicted octanol–water partition coefficient (Wildman–Crippen LogP) is 5.07. The van der Waals surface area contributed by atoms with Gasteiger partial charge < -0.3 is 20.7 Å². The number of anilines is 1. The van der Waals surface area contributed by atoms with Gasteiger partial charge in [0.2, 0.25) is 5.95 Å². The Morgan fingerprint density at radius 2 is 1.94 bits per heavy atom. The summed E-state index contributed by atoms with van der Waals surface area (Å²) in [6.07, 6.45) is 0. The maximum atomic E-state index is 14.5. The van der Waals surface area contributed by atoms with Gasteiger partial charge in [0.1, 0.15) is 22.1 Å². The second-order valence-corrected chi connectivity index (χ2v) is 8.35. The van der Waals surface area contributed by atoms with Gasteiger partial charge in [0.25, 0.3) is 0 Å². The van der Waals surface area contributed by atoms with Gasteiger partial charge in [0.05, 0.1) is 17.1 Å². The molecule has 0 bridgehead atoms. The molecule has 4 aromatic rings. The predicted molar refractivity (Wildman–Crippen MR) is 129 cm³/mol. The summed E-state index contributed by atoms with van der Waals surface area (Å²) in [4.78, 5) is 20.9. The number of pyridine rings is 2. The Bertz CT molecular complexity index is 1550. The minimum atomic E-state index is -0.909. The molecule has 180 valence electrons. The van der Waals surface area contributed by atoms with E-state index in [9.17, 15) is 13.6 Å². The molecule has 0 spiro atoms. The monoisotopic (exact) mass is 499 g/mol. The molecule has 0 saturated heterocycles. The van der Waals surface area contributed by atoms with Gasteiger partial charge in [-0.05, 0) is 56.7 Å². The normalized spacial score (nSPS) is 12.7. The van der Waals surface area contributed by atoms with Gasteiger partial charge in [0.15, 0.2) is 22.8 Å². The largest absolute Gasteiger partial charge is 0.453 e. The lowest BCUT2D eigenvalue weighted by atomic mass is 9.99. The summed E-state index contributed by atoms with van der Waals surface area (Å²) in [5.41, 5.74) is 7.08. The van der Waals surface area contributed by atoms with E-state index in [1.807, 2.05) is 6.92 Å². The van der Waals surface area contributed by atoms with Crippen molar-refractivity contribution >= 4 is 34.1 Å². The Morgan fingerprint density at radius 1 is 1.20 bits per heavy atom. The van der Waals surface area contributed by atoms with Crippen LogP contribution in [-0.4, -0.2) is 21.0 Å². The number of amidine groups is 1. The van der Waals surface area contributed by atoms with Crippen molar-refractivity contribution in [2.45, 2.75) is 26.8 Å². The zero-order chi connectivity index (χ0) is 25.4. The quantitative estimate of drug-likeness (QED) is 0.115. The third-order valence-corrected chi connectivity index (χ3v) is 5.68. The van der Waals surface area contributed by atoms with Crippen LogP contribution in [0.3, 0.4) is 0 Å². The molecule has 0 fully saturated rings. The number of aromatic nitrogens is 2. The number of fused-ring (bicyclic) bond motifs is 1. The fourth-order valence-electron chi connectivity index (χ4n) is 3.80. The summed E-state index contributed by atoms with van der Waals surface area (Å²) >= 11 is 5.96. The molecule has 11 heteroatoms. The lowest BCUT2D eigenvalue weighted by Gasteiger charge is -2.20. The average Bonchev–Trinajstić information content (AvgIpc) is 2.83. The molecule has 0 aliphatic rings. The topological polar surface area (TPSA) is 127 Å². The molecule has 0 saturated carbocycles. The van der Waals surface area contributed by atoms with E-state index >= 15 is 0 Å². The summed E-state index contributed by atoms with van der Waals surface area (Å²) in [5, 5.41) is 15.7. The molecule has 0 aliphatic heterocycles. The van der Waals surface area contributed by atoms with E-state index in [4.69, 9.17) is 27.0 Å². The van der Waals surface area contributed by atoms with Gasteiger partial charge in [-0.15, -0.1) is 0 Å². The second kappa shape index (κ2) is 9.30. The van der Waals surface area contributed by atoms with Crippen LogP contribution in [-0.2, 0) is 0 Å². The van der Waals surface area contributed by atoms with Gasteiger partial charge in [-0.25, -0.2) is 14.4 Å². The van der Waals surface area contributed by atoms with Gasteiger partial charge in [-0.2, -0.15) is 4.39 Å². The third-order valence-electron chi connectivity index (χ3n) is 5.47. The van der Waals surface area contributed by atoms with Gasteiger partial charge in [-0.1, -0.05) is 22.8 Å². The lowest BCUT2D eigenvalue weighted by Crippen LogP contribution is -2.19. The Hall–Kier alpha value is -4.05. The molecule has 1 atom stereocenters. The maximum Gasteiger partial charge on any atom is 0.213 e. The number of oxime groups is 1. The smallest absolute Gasteiger partial charge is 0.213 e. The van der Waals surface area contributed by atoms with E-state index in [1.54, 1.807) is 25.1 Å². The minimum absolute atomic E-state index is 0.0998. The van der Waals surface area contributed by atoms with E-state index in [0.29, 0.717) is 11.3 Å². The molecule has 0 radical (unpaired) electrons. The zero-order valence-corrected chi connectivity index (χ0v) is 19.6. The Morgan fingerprint density at radius 3 is 2.66 bits per heavy atom. The third kappa shape index (κ3) is 4.52. The van der Waals surface area contributed by atoms with E-state index in [0.717, 1.165) is 17.7 Å². The van der Waals surface area contributed by atoms with Crippen molar-refractivity contribution < 1.29 is 18.4 Å². The number of aryl methyl sites for hydroxylation is 1. The van der Waals surface area contributed by atoms with Crippen LogP contribution in [0, 0.1) is 25.6 Å². The number of nitrogens with two attached hydrogens (primary N) is 1. The Labute approximate surface area is 203 Å². The first kappa shape index (κ1) is 24.1. The number of rotatable bonds is 5. The number of nitrogens with one attached hydrogen (secondary N) is 1. The van der Waals surface area contributed by atoms with Crippen molar-refractivity contribution in [2.75, 3.05) is 5.32 Å². The van der Waals surface area contributed by atoms with E-state index in [1.165, 1.54) is 13.0 Å². The van der Waals surface area contributed by atoms with Crippen LogP contribution in [0.1, 0.15) is 35.3 Å². The second-order valence-electron chi connectivity index (χ2n) is 7.96. The van der Waals surface area contributed by atoms with E-state index < -0.39 is 28.9 Å². The van der Waals surface area contributed by atoms with E-state index in [2.05, 4.69) is 20.4 Å². The van der Waals surface area contributed by atoms with Crippen LogP contribution in [0.15, 0.2) is 50.8 Å². The first-order valence-corrected chi connectivity index (χ1v) is 10.8. The van der Waals surface area contributed by atoms with Gasteiger partial charge in [-0.3, -0.25) is 4.79 Å². The van der Waals surface area contributed by atoms with Crippen LogP contribution in [0.5, 0.6) is 0 Å². The zero-order valence-electron chi connectivity index (χ0n) is 18.9. The SMILES string of the molecule is Cc1cc([C@@H](C)Nc2ccc(Cl)nc2/C(N)=N/O)c2oc(-c3nc(F)ccc3F)c(C)c(=O)c2c1. The van der Waals surface area contributed by atoms with Crippen LogP contribution in [0.2, 0.25) is 5.15 Å². The highest BCUT2D eigenvalue weighted by atomic mass is 35.5. The van der Waals surface area contributed by atoms with Crippen molar-refractivity contribution in [3.8, 4) is 11.5 Å². The molecule has 0 amide bonds. The van der Waals surface area contributed by atoms with Gasteiger partial charge >= 0.3 is 0 Å². The first-order valence-electron chi connectivity index (χ1n) is 10.4. The molecule has 0 unspecified atom stereocenters. The molecular weight excluding hydrogens is 480 g/mol. The van der Waals surface area contributed by atoms with Gasteiger partial charge in [0, 0.05) is 11.1 Å². The molecular formula is C24H20ClF2N5O3. The minimum Gasteiger partial charge on any atom is -0.453 e. The van der Waals surface area contributed by atoms with E-state index in [-0.39, 0.29) is 39.0 Å². The van der Waals surface area contributed by atoms with Crippen molar-refractivity contribution in [3.05, 3.63) is 85.9 Å². The Balaban J connectivity index is 1.91. The van der Waals surface area contributed by atoms with Crippen molar-refractivity contribution in [1.29, 1.82) is 0 Å². The summed E-state index contributed by atoms with van der Waals surface area (Å²) in [7, 11) is 0. The number of halogens is 3. The highest BCUT2D eigenvalue weighted by Gasteiger charge is 2.22. The summed E-state index contributed by atoms with van der Waals surface area (Å²) in [6.45, 7) is 5.08. The van der Waals surface area contributed by atoms with Crippen LogP contribution >= 0.6 is 11.6 Å². The molecule has 1 aromatic carbocycles. The molecule has 4 N–H and O–H groups in total.